The molecule has 4 aromatic rings. The largest absolute Gasteiger partial charge is 0.377 e. The number of aromatic nitrogens is 3. The molecule has 0 spiro atoms. The summed E-state index contributed by atoms with van der Waals surface area (Å²) in [4.78, 5) is 32.4. The Morgan fingerprint density at radius 2 is 2.10 bits per heavy atom. The number of amides is 1. The lowest BCUT2D eigenvalue weighted by Gasteiger charge is -2.26. The third-order valence-corrected chi connectivity index (χ3v) is 5.48. The van der Waals surface area contributed by atoms with Crippen LogP contribution in [-0.4, -0.2) is 39.5 Å². The number of ether oxygens (including phenoxy) is 1. The van der Waals surface area contributed by atoms with Crippen molar-refractivity contribution in [1.29, 1.82) is 0 Å². The van der Waals surface area contributed by atoms with Crippen molar-refractivity contribution in [1.82, 2.24) is 25.0 Å². The molecule has 0 aliphatic carbocycles. The van der Waals surface area contributed by atoms with Gasteiger partial charge in [0.1, 0.15) is 11.3 Å². The average Bonchev–Trinajstić information content (AvgIpc) is 3.15. The molecule has 3 N–H and O–H groups in total. The fraction of sp³-hybridized carbons (Fsp3) is 0.261. The quantitative estimate of drug-likeness (QED) is 0.427. The van der Waals surface area contributed by atoms with Gasteiger partial charge in [0.25, 0.3) is 11.5 Å². The lowest BCUT2D eigenvalue weighted by Crippen LogP contribution is -2.36. The summed E-state index contributed by atoms with van der Waals surface area (Å²) in [6.07, 6.45) is 3.09. The highest BCUT2D eigenvalue weighted by molar-refractivity contribution is 5.92. The van der Waals surface area contributed by atoms with Gasteiger partial charge in [0, 0.05) is 49.7 Å². The van der Waals surface area contributed by atoms with Gasteiger partial charge in [0.2, 0.25) is 0 Å². The first-order chi connectivity index (χ1) is 15.2. The summed E-state index contributed by atoms with van der Waals surface area (Å²) in [7, 11) is 0. The molecule has 1 aromatic carbocycles. The molecular weight excluding hydrogens is 394 g/mol. The lowest BCUT2D eigenvalue weighted by molar-refractivity contribution is -0.0484. The molecule has 5 rings (SSSR count). The number of carbonyl (C=O) groups excluding carboxylic acids is 1. The maximum Gasteiger partial charge on any atom is 0.270 e. The fourth-order valence-corrected chi connectivity index (χ4v) is 3.70. The standard InChI is InChI=1S/C23H23N5O3/c29-22-11-20(27-21-3-1-2-7-28(21)22)23(30)25-12-15-4-5-16-10-17(26-19(16)9-15)13-24-14-18-6-8-31-18/h1-5,7,9-11,18,24,26H,6,8,12-14H2,(H,25,30). The molecular formula is C23H23N5O3. The predicted molar refractivity (Wildman–Crippen MR) is 117 cm³/mol. The predicted octanol–water partition coefficient (Wildman–Crippen LogP) is 1.98. The summed E-state index contributed by atoms with van der Waals surface area (Å²) in [6.45, 7) is 2.82. The molecule has 3 aromatic heterocycles. The zero-order valence-electron chi connectivity index (χ0n) is 16.9. The highest BCUT2D eigenvalue weighted by Crippen LogP contribution is 2.18. The molecule has 1 atom stereocenters. The first kappa shape index (κ1) is 19.5. The molecule has 0 saturated carbocycles. The Morgan fingerprint density at radius 1 is 1.19 bits per heavy atom. The monoisotopic (exact) mass is 417 g/mol. The van der Waals surface area contributed by atoms with Gasteiger partial charge in [-0.1, -0.05) is 18.2 Å². The molecule has 8 nitrogen and oxygen atoms in total. The smallest absolute Gasteiger partial charge is 0.270 e. The van der Waals surface area contributed by atoms with Gasteiger partial charge in [0.05, 0.1) is 6.10 Å². The zero-order valence-corrected chi connectivity index (χ0v) is 16.9. The van der Waals surface area contributed by atoms with Crippen molar-refractivity contribution in [2.24, 2.45) is 0 Å². The van der Waals surface area contributed by atoms with Crippen LogP contribution in [0.25, 0.3) is 16.6 Å². The Labute approximate surface area is 178 Å². The number of hydrogen-bond donors (Lipinski definition) is 3. The summed E-state index contributed by atoms with van der Waals surface area (Å²) in [5, 5.41) is 7.38. The topological polar surface area (TPSA) is 101 Å². The van der Waals surface area contributed by atoms with E-state index in [4.69, 9.17) is 4.74 Å². The van der Waals surface area contributed by atoms with Crippen molar-refractivity contribution in [3.05, 3.63) is 82.0 Å². The molecule has 1 amide bonds. The van der Waals surface area contributed by atoms with E-state index >= 15 is 0 Å². The van der Waals surface area contributed by atoms with Crippen LogP contribution in [0.3, 0.4) is 0 Å². The molecule has 1 saturated heterocycles. The molecule has 31 heavy (non-hydrogen) atoms. The van der Waals surface area contributed by atoms with Gasteiger partial charge in [0.15, 0.2) is 0 Å². The van der Waals surface area contributed by atoms with Gasteiger partial charge in [-0.3, -0.25) is 14.0 Å². The number of pyridine rings is 1. The van der Waals surface area contributed by atoms with Gasteiger partial charge in [-0.05, 0) is 41.6 Å². The number of fused-ring (bicyclic) bond motifs is 2. The minimum Gasteiger partial charge on any atom is -0.377 e. The second-order valence-corrected chi connectivity index (χ2v) is 7.72. The highest BCUT2D eigenvalue weighted by atomic mass is 16.5. The minimum atomic E-state index is -0.377. The van der Waals surface area contributed by atoms with E-state index in [1.165, 1.54) is 10.5 Å². The molecule has 0 bridgehead atoms. The molecule has 1 aliphatic heterocycles. The second-order valence-electron chi connectivity index (χ2n) is 7.72. The van der Waals surface area contributed by atoms with E-state index in [2.05, 4.69) is 26.7 Å². The minimum absolute atomic E-state index is 0.112. The van der Waals surface area contributed by atoms with Crippen molar-refractivity contribution in [2.75, 3.05) is 13.2 Å². The number of nitrogens with one attached hydrogen (secondary N) is 3. The van der Waals surface area contributed by atoms with E-state index < -0.39 is 0 Å². The fourth-order valence-electron chi connectivity index (χ4n) is 3.70. The second kappa shape index (κ2) is 8.33. The van der Waals surface area contributed by atoms with Crippen LogP contribution in [0.1, 0.15) is 28.2 Å². The van der Waals surface area contributed by atoms with Crippen LogP contribution in [0.5, 0.6) is 0 Å². The summed E-state index contributed by atoms with van der Waals surface area (Å²) in [6, 6.07) is 14.6. The van der Waals surface area contributed by atoms with Crippen LogP contribution in [0.2, 0.25) is 0 Å². The van der Waals surface area contributed by atoms with Gasteiger partial charge in [-0.2, -0.15) is 0 Å². The van der Waals surface area contributed by atoms with Crippen LogP contribution in [0.4, 0.5) is 0 Å². The third kappa shape index (κ3) is 4.21. The van der Waals surface area contributed by atoms with Crippen LogP contribution in [0, 0.1) is 0 Å². The van der Waals surface area contributed by atoms with E-state index in [9.17, 15) is 9.59 Å². The highest BCUT2D eigenvalue weighted by Gasteiger charge is 2.17. The number of benzene rings is 1. The number of rotatable bonds is 7. The van der Waals surface area contributed by atoms with E-state index in [0.29, 0.717) is 18.3 Å². The number of carbonyl (C=O) groups is 1. The number of hydrogen-bond acceptors (Lipinski definition) is 5. The summed E-state index contributed by atoms with van der Waals surface area (Å²) in [5.74, 6) is -0.377. The SMILES string of the molecule is O=C(NCc1ccc2cc(CNCC3CCO3)[nH]c2c1)c1cc(=O)n2ccccc2n1. The zero-order chi connectivity index (χ0) is 21.2. The molecule has 0 radical (unpaired) electrons. The van der Waals surface area contributed by atoms with Gasteiger partial charge in [-0.15, -0.1) is 0 Å². The van der Waals surface area contributed by atoms with Crippen molar-refractivity contribution in [2.45, 2.75) is 25.6 Å². The maximum absolute atomic E-state index is 12.5. The Hall–Kier alpha value is -3.49. The Bertz CT molecular complexity index is 1310. The Balaban J connectivity index is 1.23. The maximum atomic E-state index is 12.5. The average molecular weight is 417 g/mol. The van der Waals surface area contributed by atoms with Crippen LogP contribution in [0.15, 0.2) is 59.5 Å². The summed E-state index contributed by atoms with van der Waals surface area (Å²) in [5.41, 5.74) is 3.36. The van der Waals surface area contributed by atoms with Gasteiger partial charge < -0.3 is 20.4 Å². The van der Waals surface area contributed by atoms with Gasteiger partial charge in [-0.25, -0.2) is 4.98 Å². The first-order valence-corrected chi connectivity index (χ1v) is 10.4. The molecule has 158 valence electrons. The van der Waals surface area contributed by atoms with Crippen LogP contribution >= 0.6 is 0 Å². The molecule has 8 heteroatoms. The van der Waals surface area contributed by atoms with Crippen LogP contribution in [-0.2, 0) is 17.8 Å². The third-order valence-electron chi connectivity index (χ3n) is 5.48. The summed E-state index contributed by atoms with van der Waals surface area (Å²) < 4.78 is 6.82. The van der Waals surface area contributed by atoms with E-state index in [1.807, 2.05) is 18.2 Å². The van der Waals surface area contributed by atoms with Crippen molar-refractivity contribution >= 4 is 22.5 Å². The van der Waals surface area contributed by atoms with E-state index in [0.717, 1.165) is 48.3 Å². The molecule has 4 heterocycles. The number of aromatic amines is 1. The van der Waals surface area contributed by atoms with E-state index in [-0.39, 0.29) is 17.2 Å². The molecule has 1 unspecified atom stereocenters. The normalized spacial score (nSPS) is 15.8. The van der Waals surface area contributed by atoms with E-state index in [1.54, 1.807) is 24.4 Å². The molecule has 1 fully saturated rings. The Kier molecular flexibility index (Phi) is 5.23. The van der Waals surface area contributed by atoms with Crippen molar-refractivity contribution in [3.8, 4) is 0 Å². The molecule has 1 aliphatic rings. The lowest BCUT2D eigenvalue weighted by atomic mass is 10.1. The van der Waals surface area contributed by atoms with Crippen LogP contribution < -0.4 is 16.2 Å². The van der Waals surface area contributed by atoms with Crippen molar-refractivity contribution < 1.29 is 9.53 Å². The van der Waals surface area contributed by atoms with Crippen molar-refractivity contribution in [3.63, 3.8) is 0 Å². The number of H-pyrrole nitrogens is 1. The van der Waals surface area contributed by atoms with Gasteiger partial charge >= 0.3 is 0 Å². The first-order valence-electron chi connectivity index (χ1n) is 10.4. The number of nitrogens with zero attached hydrogens (tertiary/aromatic N) is 2. The Morgan fingerprint density at radius 3 is 2.94 bits per heavy atom. The summed E-state index contributed by atoms with van der Waals surface area (Å²) >= 11 is 0.